The molecule has 32 heavy (non-hydrogen) atoms. The smallest absolute Gasteiger partial charge is 0.265 e. The minimum Gasteiger partial charge on any atom is -0.480 e. The molecule has 0 saturated carbocycles. The van der Waals surface area contributed by atoms with Crippen molar-refractivity contribution >= 4 is 34.0 Å². The second-order valence-corrected chi connectivity index (χ2v) is 8.05. The van der Waals surface area contributed by atoms with Gasteiger partial charge in [-0.3, -0.25) is 19.9 Å². The molecule has 1 aliphatic heterocycles. The first-order valence-corrected chi connectivity index (χ1v) is 10.7. The summed E-state index contributed by atoms with van der Waals surface area (Å²) in [6, 6.07) is 19.8. The predicted molar refractivity (Wildman–Crippen MR) is 121 cm³/mol. The van der Waals surface area contributed by atoms with Gasteiger partial charge in [0.05, 0.1) is 0 Å². The molecule has 0 radical (unpaired) electrons. The second-order valence-electron chi connectivity index (χ2n) is 7.07. The number of para-hydroxylation sites is 1. The minimum absolute atomic E-state index is 0.261. The van der Waals surface area contributed by atoms with Crippen molar-refractivity contribution in [3.05, 3.63) is 84.1 Å². The molecule has 158 valence electrons. The molecule has 1 unspecified atom stereocenters. The van der Waals surface area contributed by atoms with Gasteiger partial charge < -0.3 is 10.1 Å². The Morgan fingerprint density at radius 1 is 0.969 bits per heavy atom. The molecule has 1 aliphatic rings. The van der Waals surface area contributed by atoms with Crippen molar-refractivity contribution in [2.75, 3.05) is 10.6 Å². The largest absolute Gasteiger partial charge is 0.480 e. The zero-order valence-electron chi connectivity index (χ0n) is 16.7. The Labute approximate surface area is 187 Å². The lowest BCUT2D eigenvalue weighted by Gasteiger charge is -2.12. The van der Waals surface area contributed by atoms with E-state index in [1.165, 1.54) is 11.3 Å². The Morgan fingerprint density at radius 2 is 1.84 bits per heavy atom. The Hall–Kier alpha value is -4.11. The summed E-state index contributed by atoms with van der Waals surface area (Å²) >= 11 is 1.23. The quantitative estimate of drug-likeness (QED) is 0.486. The number of fused-ring (bicyclic) bond motifs is 1. The maximum atomic E-state index is 12.7. The van der Waals surface area contributed by atoms with Gasteiger partial charge in [0, 0.05) is 23.9 Å². The molecule has 3 heterocycles. The van der Waals surface area contributed by atoms with Crippen molar-refractivity contribution in [2.45, 2.75) is 12.5 Å². The highest BCUT2D eigenvalue weighted by molar-refractivity contribution is 7.18. The average Bonchev–Trinajstić information content (AvgIpc) is 3.47. The van der Waals surface area contributed by atoms with E-state index in [-0.39, 0.29) is 11.8 Å². The molecule has 2 aromatic carbocycles. The summed E-state index contributed by atoms with van der Waals surface area (Å²) in [6.45, 7) is 0. The van der Waals surface area contributed by atoms with Crippen LogP contribution in [0.25, 0.3) is 10.7 Å². The second kappa shape index (κ2) is 8.56. The number of anilines is 2. The maximum absolute atomic E-state index is 12.7. The highest BCUT2D eigenvalue weighted by Gasteiger charge is 2.28. The van der Waals surface area contributed by atoms with E-state index in [0.717, 1.165) is 11.3 Å². The van der Waals surface area contributed by atoms with Gasteiger partial charge in [-0.2, -0.15) is 0 Å². The lowest BCUT2D eigenvalue weighted by Crippen LogP contribution is -2.31. The van der Waals surface area contributed by atoms with Gasteiger partial charge in [0.2, 0.25) is 5.13 Å². The third-order valence-corrected chi connectivity index (χ3v) is 5.72. The first-order valence-electron chi connectivity index (χ1n) is 9.87. The summed E-state index contributed by atoms with van der Waals surface area (Å²) in [6.07, 6.45) is 1.58. The minimum atomic E-state index is -0.601. The number of benzene rings is 2. The highest BCUT2D eigenvalue weighted by Crippen LogP contribution is 2.29. The summed E-state index contributed by atoms with van der Waals surface area (Å²) in [5, 5.41) is 14.6. The molecule has 0 fully saturated rings. The van der Waals surface area contributed by atoms with Crippen molar-refractivity contribution in [3.8, 4) is 16.5 Å². The standard InChI is InChI=1S/C23H17N5O3S/c29-20(26-23-28-27-22(32-23)17-9-3-4-11-24-17)15-7-5-8-16(12-15)25-21(30)19-13-14-6-1-2-10-18(14)31-19/h1-12,19H,13H2,(H,25,30)(H,26,28,29). The Kier molecular flexibility index (Phi) is 5.30. The Bertz CT molecular complexity index is 1270. The molecule has 1 atom stereocenters. The Balaban J connectivity index is 1.24. The number of rotatable bonds is 5. The van der Waals surface area contributed by atoms with Crippen molar-refractivity contribution in [1.82, 2.24) is 15.2 Å². The lowest BCUT2D eigenvalue weighted by molar-refractivity contribution is -0.122. The molecular weight excluding hydrogens is 426 g/mol. The normalized spacial score (nSPS) is 14.3. The van der Waals surface area contributed by atoms with Gasteiger partial charge in [-0.25, -0.2) is 0 Å². The molecule has 5 rings (SSSR count). The fourth-order valence-electron chi connectivity index (χ4n) is 3.33. The molecule has 4 aromatic rings. The number of hydrogen-bond acceptors (Lipinski definition) is 7. The molecule has 0 bridgehead atoms. The third kappa shape index (κ3) is 4.19. The van der Waals surface area contributed by atoms with Gasteiger partial charge >= 0.3 is 0 Å². The first-order chi connectivity index (χ1) is 15.7. The van der Waals surface area contributed by atoms with E-state index in [1.807, 2.05) is 42.5 Å². The van der Waals surface area contributed by atoms with E-state index in [4.69, 9.17) is 4.74 Å². The number of carbonyl (C=O) groups is 2. The summed E-state index contributed by atoms with van der Waals surface area (Å²) in [7, 11) is 0. The molecule has 2 aromatic heterocycles. The lowest BCUT2D eigenvalue weighted by atomic mass is 10.1. The summed E-state index contributed by atoms with van der Waals surface area (Å²) in [5.41, 5.74) is 2.58. The zero-order valence-corrected chi connectivity index (χ0v) is 17.5. The number of amides is 2. The number of nitrogens with zero attached hydrogens (tertiary/aromatic N) is 3. The topological polar surface area (TPSA) is 106 Å². The average molecular weight is 443 g/mol. The van der Waals surface area contributed by atoms with E-state index in [9.17, 15) is 9.59 Å². The van der Waals surface area contributed by atoms with E-state index >= 15 is 0 Å². The van der Waals surface area contributed by atoms with Crippen LogP contribution in [0.15, 0.2) is 72.9 Å². The predicted octanol–water partition coefficient (Wildman–Crippen LogP) is 3.79. The van der Waals surface area contributed by atoms with E-state index in [0.29, 0.717) is 33.5 Å². The molecule has 0 saturated heterocycles. The maximum Gasteiger partial charge on any atom is 0.265 e. The number of ether oxygens (including phenoxy) is 1. The van der Waals surface area contributed by atoms with Crippen LogP contribution in [-0.4, -0.2) is 33.1 Å². The fraction of sp³-hybridized carbons (Fsp3) is 0.0870. The SMILES string of the molecule is O=C(Nc1nnc(-c2ccccn2)s1)c1cccc(NC(=O)C2Cc3ccccc3O2)c1. The van der Waals surface area contributed by atoms with Crippen LogP contribution < -0.4 is 15.4 Å². The van der Waals surface area contributed by atoms with Crippen LogP contribution >= 0.6 is 11.3 Å². The number of hydrogen-bond donors (Lipinski definition) is 2. The number of pyridine rings is 1. The molecule has 0 spiro atoms. The van der Waals surface area contributed by atoms with Crippen molar-refractivity contribution < 1.29 is 14.3 Å². The van der Waals surface area contributed by atoms with Gasteiger partial charge in [0.1, 0.15) is 11.4 Å². The van der Waals surface area contributed by atoms with E-state index in [2.05, 4.69) is 25.8 Å². The number of nitrogens with one attached hydrogen (secondary N) is 2. The van der Waals surface area contributed by atoms with Crippen molar-refractivity contribution in [2.24, 2.45) is 0 Å². The van der Waals surface area contributed by atoms with E-state index in [1.54, 1.807) is 30.5 Å². The highest BCUT2D eigenvalue weighted by atomic mass is 32.1. The molecule has 9 heteroatoms. The molecule has 0 aliphatic carbocycles. The Morgan fingerprint density at radius 3 is 2.69 bits per heavy atom. The third-order valence-electron chi connectivity index (χ3n) is 4.86. The van der Waals surface area contributed by atoms with Crippen LogP contribution in [-0.2, 0) is 11.2 Å². The zero-order chi connectivity index (χ0) is 21.9. The summed E-state index contributed by atoms with van der Waals surface area (Å²) < 4.78 is 5.73. The van der Waals surface area contributed by atoms with Crippen LogP contribution in [0.3, 0.4) is 0 Å². The van der Waals surface area contributed by atoms with Crippen LogP contribution in [0.1, 0.15) is 15.9 Å². The van der Waals surface area contributed by atoms with Gasteiger partial charge in [0.15, 0.2) is 11.1 Å². The number of carbonyl (C=O) groups excluding carboxylic acids is 2. The number of aromatic nitrogens is 3. The van der Waals surface area contributed by atoms with Crippen LogP contribution in [0, 0.1) is 0 Å². The molecular formula is C23H17N5O3S. The molecule has 2 N–H and O–H groups in total. The molecule has 8 nitrogen and oxygen atoms in total. The van der Waals surface area contributed by atoms with Crippen molar-refractivity contribution in [3.63, 3.8) is 0 Å². The van der Waals surface area contributed by atoms with Crippen LogP contribution in [0.2, 0.25) is 0 Å². The van der Waals surface area contributed by atoms with Crippen LogP contribution in [0.5, 0.6) is 5.75 Å². The summed E-state index contributed by atoms with van der Waals surface area (Å²) in [5.74, 6) is 0.111. The van der Waals surface area contributed by atoms with Gasteiger partial charge in [0.25, 0.3) is 11.8 Å². The van der Waals surface area contributed by atoms with Gasteiger partial charge in [-0.05, 0) is 42.0 Å². The molecule has 2 amide bonds. The van der Waals surface area contributed by atoms with Crippen molar-refractivity contribution in [1.29, 1.82) is 0 Å². The monoisotopic (exact) mass is 443 g/mol. The fourth-order valence-corrected chi connectivity index (χ4v) is 4.04. The van der Waals surface area contributed by atoms with E-state index < -0.39 is 6.10 Å². The van der Waals surface area contributed by atoms with Crippen LogP contribution in [0.4, 0.5) is 10.8 Å². The first kappa shape index (κ1) is 19.8. The summed E-state index contributed by atoms with van der Waals surface area (Å²) in [4.78, 5) is 29.5. The van der Waals surface area contributed by atoms with Gasteiger partial charge in [-0.15, -0.1) is 10.2 Å². The van der Waals surface area contributed by atoms with Gasteiger partial charge in [-0.1, -0.05) is 41.7 Å².